The molecule has 0 spiro atoms. The summed E-state index contributed by atoms with van der Waals surface area (Å²) in [5.41, 5.74) is 0. The number of nitrogens with zero attached hydrogens (tertiary/aromatic N) is 1. The molecule has 1 aliphatic heterocycles. The summed E-state index contributed by atoms with van der Waals surface area (Å²) < 4.78 is 0. The normalized spacial score (nSPS) is 23.6. The summed E-state index contributed by atoms with van der Waals surface area (Å²) in [6, 6.07) is 0.801. The smallest absolute Gasteiger partial charge is 0.237 e. The Balaban J connectivity index is 2.43. The lowest BCUT2D eigenvalue weighted by Crippen LogP contribution is -2.51. The summed E-state index contributed by atoms with van der Waals surface area (Å²) in [7, 11) is 0. The van der Waals surface area contributed by atoms with E-state index >= 15 is 0 Å². The summed E-state index contributed by atoms with van der Waals surface area (Å²) in [4.78, 5) is 14.6. The second-order valence-electron chi connectivity index (χ2n) is 6.56. The predicted molar refractivity (Wildman–Crippen MR) is 84.8 cm³/mol. The molecule has 1 rings (SSSR count). The van der Waals surface area contributed by atoms with Crippen molar-refractivity contribution in [2.75, 3.05) is 19.6 Å². The van der Waals surface area contributed by atoms with Crippen molar-refractivity contribution < 1.29 is 4.79 Å². The number of carbonyl (C=O) groups is 1. The second-order valence-corrected chi connectivity index (χ2v) is 6.56. The maximum Gasteiger partial charge on any atom is 0.237 e. The van der Waals surface area contributed by atoms with Crippen molar-refractivity contribution in [1.29, 1.82) is 0 Å². The molecule has 1 fully saturated rings. The number of nitrogens with one attached hydrogen (secondary N) is 2. The van der Waals surface area contributed by atoms with Crippen LogP contribution in [0.3, 0.4) is 0 Å². The number of piperidine rings is 1. The molecule has 0 saturated carbocycles. The quantitative estimate of drug-likeness (QED) is 0.751. The highest BCUT2D eigenvalue weighted by Gasteiger charge is 2.27. The monoisotopic (exact) mass is 283 g/mol. The number of rotatable bonds is 7. The minimum absolute atomic E-state index is 0.00847. The van der Waals surface area contributed by atoms with Gasteiger partial charge in [-0.15, -0.1) is 0 Å². The third-order valence-corrected chi connectivity index (χ3v) is 4.29. The standard InChI is InChI=1S/C16H33N3O/c1-6-13(4)18-16(20)14(5)19-9-7-8-15(11-19)10-17-12(2)3/h12-15,17H,6-11H2,1-5H3,(H,18,20). The molecule has 4 heteroatoms. The van der Waals surface area contributed by atoms with Gasteiger partial charge >= 0.3 is 0 Å². The van der Waals surface area contributed by atoms with E-state index in [2.05, 4.69) is 43.2 Å². The van der Waals surface area contributed by atoms with E-state index in [1.54, 1.807) is 0 Å². The van der Waals surface area contributed by atoms with Gasteiger partial charge in [-0.25, -0.2) is 0 Å². The molecule has 0 aliphatic carbocycles. The molecule has 0 aromatic heterocycles. The second kappa shape index (κ2) is 8.63. The lowest BCUT2D eigenvalue weighted by atomic mass is 9.96. The zero-order valence-corrected chi connectivity index (χ0v) is 13.9. The maximum atomic E-state index is 12.2. The van der Waals surface area contributed by atoms with Crippen molar-refractivity contribution in [1.82, 2.24) is 15.5 Å². The largest absolute Gasteiger partial charge is 0.352 e. The highest BCUT2D eigenvalue weighted by molar-refractivity contribution is 5.81. The Hall–Kier alpha value is -0.610. The highest BCUT2D eigenvalue weighted by atomic mass is 16.2. The van der Waals surface area contributed by atoms with Crippen LogP contribution in [0, 0.1) is 5.92 Å². The maximum absolute atomic E-state index is 12.2. The van der Waals surface area contributed by atoms with Gasteiger partial charge in [0.2, 0.25) is 5.91 Å². The Morgan fingerprint density at radius 3 is 2.60 bits per heavy atom. The lowest BCUT2D eigenvalue weighted by Gasteiger charge is -2.36. The van der Waals surface area contributed by atoms with Crippen molar-refractivity contribution >= 4 is 5.91 Å². The summed E-state index contributed by atoms with van der Waals surface area (Å²) in [5.74, 6) is 0.849. The van der Waals surface area contributed by atoms with Crippen molar-refractivity contribution in [3.05, 3.63) is 0 Å². The molecule has 0 radical (unpaired) electrons. The fraction of sp³-hybridized carbons (Fsp3) is 0.938. The van der Waals surface area contributed by atoms with E-state index in [0.29, 0.717) is 12.0 Å². The molecule has 1 amide bonds. The van der Waals surface area contributed by atoms with E-state index in [4.69, 9.17) is 0 Å². The number of hydrogen-bond acceptors (Lipinski definition) is 3. The molecule has 1 saturated heterocycles. The summed E-state index contributed by atoms with van der Waals surface area (Å²) in [6.45, 7) is 13.7. The van der Waals surface area contributed by atoms with Gasteiger partial charge in [-0.05, 0) is 52.1 Å². The van der Waals surface area contributed by atoms with E-state index in [-0.39, 0.29) is 18.0 Å². The third-order valence-electron chi connectivity index (χ3n) is 4.29. The van der Waals surface area contributed by atoms with Crippen LogP contribution in [0.25, 0.3) is 0 Å². The van der Waals surface area contributed by atoms with E-state index in [1.165, 1.54) is 12.8 Å². The Morgan fingerprint density at radius 2 is 2.00 bits per heavy atom. The zero-order chi connectivity index (χ0) is 15.1. The molecule has 3 atom stereocenters. The molecule has 3 unspecified atom stereocenters. The fourth-order valence-electron chi connectivity index (χ4n) is 2.65. The van der Waals surface area contributed by atoms with Crippen molar-refractivity contribution in [3.8, 4) is 0 Å². The van der Waals surface area contributed by atoms with Crippen molar-refractivity contribution in [3.63, 3.8) is 0 Å². The molecule has 4 nitrogen and oxygen atoms in total. The first-order chi connectivity index (χ1) is 9.43. The Kier molecular flexibility index (Phi) is 7.52. The van der Waals surface area contributed by atoms with E-state index in [0.717, 1.165) is 26.1 Å². The van der Waals surface area contributed by atoms with Crippen LogP contribution in [0.2, 0.25) is 0 Å². The number of hydrogen-bond donors (Lipinski definition) is 2. The van der Waals surface area contributed by atoms with E-state index in [1.807, 2.05) is 6.92 Å². The molecule has 0 aromatic carbocycles. The molecule has 1 heterocycles. The van der Waals surface area contributed by atoms with Crippen molar-refractivity contribution in [2.45, 2.75) is 72.0 Å². The molecular weight excluding hydrogens is 250 g/mol. The molecular formula is C16H33N3O. The molecule has 20 heavy (non-hydrogen) atoms. The Bertz CT molecular complexity index is 293. The first kappa shape index (κ1) is 17.4. The average molecular weight is 283 g/mol. The number of amides is 1. The molecule has 118 valence electrons. The SMILES string of the molecule is CCC(C)NC(=O)C(C)N1CCCC(CNC(C)C)C1. The molecule has 0 bridgehead atoms. The van der Waals surface area contributed by atoms with Gasteiger partial charge in [0.1, 0.15) is 0 Å². The van der Waals surface area contributed by atoms with Gasteiger partial charge in [0.05, 0.1) is 6.04 Å². The number of carbonyl (C=O) groups excluding carboxylic acids is 1. The fourth-order valence-corrected chi connectivity index (χ4v) is 2.65. The third kappa shape index (κ3) is 5.80. The predicted octanol–water partition coefficient (Wildman–Crippen LogP) is 2.00. The summed E-state index contributed by atoms with van der Waals surface area (Å²) in [5, 5.41) is 6.61. The first-order valence-electron chi connectivity index (χ1n) is 8.21. The first-order valence-corrected chi connectivity index (χ1v) is 8.21. The van der Waals surface area contributed by atoms with Crippen LogP contribution in [0.1, 0.15) is 53.9 Å². The number of likely N-dealkylation sites (tertiary alicyclic amines) is 1. The van der Waals surface area contributed by atoms with E-state index in [9.17, 15) is 4.79 Å². The van der Waals surface area contributed by atoms with Crippen LogP contribution in [0.5, 0.6) is 0 Å². The van der Waals surface area contributed by atoms with Crippen LogP contribution >= 0.6 is 0 Å². The summed E-state index contributed by atoms with van der Waals surface area (Å²) in [6.07, 6.45) is 3.46. The van der Waals surface area contributed by atoms with Crippen LogP contribution < -0.4 is 10.6 Å². The minimum Gasteiger partial charge on any atom is -0.352 e. The van der Waals surface area contributed by atoms with Crippen LogP contribution in [-0.4, -0.2) is 48.6 Å². The zero-order valence-electron chi connectivity index (χ0n) is 13.9. The lowest BCUT2D eigenvalue weighted by molar-refractivity contribution is -0.127. The molecule has 0 aromatic rings. The molecule has 1 aliphatic rings. The van der Waals surface area contributed by atoms with E-state index < -0.39 is 0 Å². The summed E-state index contributed by atoms with van der Waals surface area (Å²) >= 11 is 0. The highest BCUT2D eigenvalue weighted by Crippen LogP contribution is 2.18. The van der Waals surface area contributed by atoms with Gasteiger partial charge in [-0.3, -0.25) is 9.69 Å². The van der Waals surface area contributed by atoms with Gasteiger partial charge in [0.15, 0.2) is 0 Å². The van der Waals surface area contributed by atoms with Gasteiger partial charge in [-0.2, -0.15) is 0 Å². The van der Waals surface area contributed by atoms with Crippen molar-refractivity contribution in [2.24, 2.45) is 5.92 Å². The van der Waals surface area contributed by atoms with Gasteiger partial charge in [0.25, 0.3) is 0 Å². The Labute approximate surface area is 124 Å². The molecule has 2 N–H and O–H groups in total. The Morgan fingerprint density at radius 1 is 1.30 bits per heavy atom. The van der Waals surface area contributed by atoms with Gasteiger partial charge < -0.3 is 10.6 Å². The van der Waals surface area contributed by atoms with Crippen LogP contribution in [0.15, 0.2) is 0 Å². The topological polar surface area (TPSA) is 44.4 Å². The minimum atomic E-state index is -0.00847. The van der Waals surface area contributed by atoms with Gasteiger partial charge in [-0.1, -0.05) is 20.8 Å². The average Bonchev–Trinajstić information content (AvgIpc) is 2.44. The van der Waals surface area contributed by atoms with Crippen LogP contribution in [-0.2, 0) is 4.79 Å². The van der Waals surface area contributed by atoms with Crippen LogP contribution in [0.4, 0.5) is 0 Å². The van der Waals surface area contributed by atoms with Gasteiger partial charge in [0, 0.05) is 18.6 Å².